The van der Waals surface area contributed by atoms with Gasteiger partial charge in [-0.15, -0.1) is 0 Å². The molecule has 2 saturated heterocycles. The molecule has 2 aliphatic rings. The number of rotatable bonds is 42. The van der Waals surface area contributed by atoms with Gasteiger partial charge in [0.1, 0.15) is 54.9 Å². The first-order valence-electron chi connectivity index (χ1n) is 26.3. The SMILES string of the molecule is CCCC/C=C\CCCCCCCC(=O)OC(COCCCCCCCCCCCCCCCCCCCCCC)COC1OC(COC2OC(CO)C(O)C(O)C2O)C(O)C(O)C1O. The fraction of sp³-hybridized carbons (Fsp3) is 0.941. The zero-order valence-corrected chi connectivity index (χ0v) is 40.7. The lowest BCUT2D eigenvalue weighted by Gasteiger charge is -2.42. The highest BCUT2D eigenvalue weighted by Gasteiger charge is 2.47. The van der Waals surface area contributed by atoms with Crippen molar-refractivity contribution in [2.24, 2.45) is 0 Å². The summed E-state index contributed by atoms with van der Waals surface area (Å²) in [6, 6.07) is 0. The maximum atomic E-state index is 13.0. The van der Waals surface area contributed by atoms with Crippen LogP contribution in [0.1, 0.15) is 206 Å². The molecule has 0 radical (unpaired) electrons. The number of hydrogen-bond acceptors (Lipinski definition) is 14. The topological polar surface area (TPSA) is 214 Å². The summed E-state index contributed by atoms with van der Waals surface area (Å²) in [7, 11) is 0. The normalized spacial score (nSPS) is 26.5. The van der Waals surface area contributed by atoms with Gasteiger partial charge in [-0.2, -0.15) is 0 Å². The Kier molecular flexibility index (Phi) is 36.4. The van der Waals surface area contributed by atoms with Crippen molar-refractivity contribution in [1.82, 2.24) is 0 Å². The van der Waals surface area contributed by atoms with Gasteiger partial charge in [0.05, 0.1) is 26.4 Å². The van der Waals surface area contributed by atoms with Crippen LogP contribution in [0.15, 0.2) is 12.2 Å². The van der Waals surface area contributed by atoms with E-state index in [1.54, 1.807) is 0 Å². The standard InChI is InChI=1S/C51H96O14/c1-3-5-7-9-11-13-15-16-17-18-19-20-21-22-23-25-27-29-31-33-35-60-37-40(63-43(53)34-32-30-28-26-24-14-12-10-8-6-4-2)38-61-50-49(59)47(57)45(55)42(65-50)39-62-51-48(58)46(56)44(54)41(36-52)64-51/h10,12,40-42,44-52,54-59H,3-9,11,13-39H2,1-2H3/b12-10-. The third-order valence-corrected chi connectivity index (χ3v) is 12.8. The fourth-order valence-corrected chi connectivity index (χ4v) is 8.44. The van der Waals surface area contributed by atoms with Crippen LogP contribution >= 0.6 is 0 Å². The molecule has 2 rings (SSSR count). The Hall–Kier alpha value is -1.27. The minimum atomic E-state index is -1.70. The lowest BCUT2D eigenvalue weighted by Crippen LogP contribution is -2.61. The maximum Gasteiger partial charge on any atom is 0.306 e. The Bertz CT molecular complexity index is 1130. The van der Waals surface area contributed by atoms with E-state index < -0.39 is 80.7 Å². The van der Waals surface area contributed by atoms with Crippen LogP contribution in [0.2, 0.25) is 0 Å². The molecule has 2 fully saturated rings. The molecule has 11 atom stereocenters. The molecule has 14 heteroatoms. The molecule has 0 aromatic carbocycles. The van der Waals surface area contributed by atoms with Crippen molar-refractivity contribution in [2.75, 3.05) is 33.0 Å². The molecule has 0 amide bonds. The summed E-state index contributed by atoms with van der Waals surface area (Å²) in [4.78, 5) is 13.0. The number of hydrogen-bond donors (Lipinski definition) is 7. The average molecular weight is 933 g/mol. The quantitative estimate of drug-likeness (QED) is 0.0176. The summed E-state index contributed by atoms with van der Waals surface area (Å²) < 4.78 is 34.3. The summed E-state index contributed by atoms with van der Waals surface area (Å²) in [5.41, 5.74) is 0. The van der Waals surface area contributed by atoms with Crippen LogP contribution in [-0.2, 0) is 33.2 Å². The molecule has 0 saturated carbocycles. The first-order valence-corrected chi connectivity index (χ1v) is 26.3. The molecule has 0 aliphatic carbocycles. The number of unbranched alkanes of at least 4 members (excludes halogenated alkanes) is 26. The predicted octanol–water partition coefficient (Wildman–Crippen LogP) is 7.85. The number of carbonyl (C=O) groups excluding carboxylic acids is 1. The molecular formula is C51H96O14. The molecule has 2 aliphatic heterocycles. The van der Waals surface area contributed by atoms with Gasteiger partial charge in [-0.3, -0.25) is 4.79 Å². The van der Waals surface area contributed by atoms with E-state index in [1.165, 1.54) is 122 Å². The van der Waals surface area contributed by atoms with Crippen molar-refractivity contribution in [3.8, 4) is 0 Å². The molecule has 14 nitrogen and oxygen atoms in total. The molecule has 0 aromatic rings. The highest BCUT2D eigenvalue weighted by atomic mass is 16.7. The summed E-state index contributed by atoms with van der Waals surface area (Å²) in [5, 5.41) is 72.1. The molecule has 0 spiro atoms. The van der Waals surface area contributed by atoms with E-state index in [2.05, 4.69) is 26.0 Å². The number of aliphatic hydroxyl groups is 7. The summed E-state index contributed by atoms with van der Waals surface area (Å²) in [5.74, 6) is -0.383. The van der Waals surface area contributed by atoms with Crippen LogP contribution in [0.25, 0.3) is 0 Å². The molecule has 0 bridgehead atoms. The Morgan fingerprint density at radius 3 is 1.45 bits per heavy atom. The van der Waals surface area contributed by atoms with Gasteiger partial charge in [-0.05, 0) is 32.1 Å². The van der Waals surface area contributed by atoms with Gasteiger partial charge >= 0.3 is 5.97 Å². The first kappa shape index (κ1) is 59.9. The van der Waals surface area contributed by atoms with E-state index in [0.717, 1.165) is 57.8 Å². The molecule has 65 heavy (non-hydrogen) atoms. The number of aliphatic hydroxyl groups excluding tert-OH is 7. The van der Waals surface area contributed by atoms with Crippen LogP contribution in [0.3, 0.4) is 0 Å². The number of ether oxygens (including phenoxy) is 6. The number of esters is 1. The van der Waals surface area contributed by atoms with Crippen molar-refractivity contribution in [3.05, 3.63) is 12.2 Å². The van der Waals surface area contributed by atoms with Crippen LogP contribution < -0.4 is 0 Å². The Labute approximate surface area is 393 Å². The summed E-state index contributed by atoms with van der Waals surface area (Å²) >= 11 is 0. The van der Waals surface area contributed by atoms with E-state index in [0.29, 0.717) is 13.0 Å². The third-order valence-electron chi connectivity index (χ3n) is 12.8. The van der Waals surface area contributed by atoms with Crippen LogP contribution in [0.5, 0.6) is 0 Å². The lowest BCUT2D eigenvalue weighted by molar-refractivity contribution is -0.332. The zero-order valence-electron chi connectivity index (χ0n) is 40.7. The van der Waals surface area contributed by atoms with Crippen molar-refractivity contribution < 1.29 is 69.0 Å². The van der Waals surface area contributed by atoms with Crippen molar-refractivity contribution in [1.29, 1.82) is 0 Å². The van der Waals surface area contributed by atoms with Gasteiger partial charge < -0.3 is 64.2 Å². The summed E-state index contributed by atoms with van der Waals surface area (Å²) in [6.07, 6.45) is 24.3. The highest BCUT2D eigenvalue weighted by Crippen LogP contribution is 2.26. The second kappa shape index (κ2) is 39.6. The van der Waals surface area contributed by atoms with Crippen molar-refractivity contribution >= 4 is 5.97 Å². The summed E-state index contributed by atoms with van der Waals surface area (Å²) in [6.45, 7) is 3.67. The molecule has 11 unspecified atom stereocenters. The first-order chi connectivity index (χ1) is 31.6. The van der Waals surface area contributed by atoms with E-state index in [-0.39, 0.29) is 25.6 Å². The zero-order chi connectivity index (χ0) is 47.3. The Morgan fingerprint density at radius 1 is 0.492 bits per heavy atom. The smallest absolute Gasteiger partial charge is 0.306 e. The van der Waals surface area contributed by atoms with Crippen molar-refractivity contribution in [2.45, 2.75) is 274 Å². The van der Waals surface area contributed by atoms with Crippen molar-refractivity contribution in [3.63, 3.8) is 0 Å². The van der Waals surface area contributed by atoms with Gasteiger partial charge in [0.25, 0.3) is 0 Å². The van der Waals surface area contributed by atoms with Crippen LogP contribution in [-0.4, -0.2) is 142 Å². The van der Waals surface area contributed by atoms with Gasteiger partial charge in [0.15, 0.2) is 12.6 Å². The molecule has 7 N–H and O–H groups in total. The largest absolute Gasteiger partial charge is 0.457 e. The van der Waals surface area contributed by atoms with Gasteiger partial charge in [0.2, 0.25) is 0 Å². The minimum Gasteiger partial charge on any atom is -0.457 e. The maximum absolute atomic E-state index is 13.0. The van der Waals surface area contributed by atoms with Gasteiger partial charge in [-0.1, -0.05) is 180 Å². The second-order valence-electron chi connectivity index (χ2n) is 18.7. The van der Waals surface area contributed by atoms with Crippen LogP contribution in [0.4, 0.5) is 0 Å². The highest BCUT2D eigenvalue weighted by molar-refractivity contribution is 5.69. The van der Waals surface area contributed by atoms with E-state index in [9.17, 15) is 40.5 Å². The average Bonchev–Trinajstić information content (AvgIpc) is 3.30. The fourth-order valence-electron chi connectivity index (χ4n) is 8.44. The molecular weight excluding hydrogens is 837 g/mol. The molecule has 384 valence electrons. The van der Waals surface area contributed by atoms with Crippen LogP contribution in [0, 0.1) is 0 Å². The predicted molar refractivity (Wildman–Crippen MR) is 252 cm³/mol. The van der Waals surface area contributed by atoms with Gasteiger partial charge in [-0.25, -0.2) is 0 Å². The lowest BCUT2D eigenvalue weighted by atomic mass is 9.98. The van der Waals surface area contributed by atoms with E-state index in [4.69, 9.17) is 28.4 Å². The minimum absolute atomic E-state index is 0.0638. The molecule has 2 heterocycles. The Balaban J connectivity index is 1.72. The third kappa shape index (κ3) is 27.5. The Morgan fingerprint density at radius 2 is 0.923 bits per heavy atom. The van der Waals surface area contributed by atoms with E-state index >= 15 is 0 Å². The second-order valence-corrected chi connectivity index (χ2v) is 18.7. The number of allylic oxidation sites excluding steroid dienone is 2. The molecule has 0 aromatic heterocycles. The monoisotopic (exact) mass is 933 g/mol. The van der Waals surface area contributed by atoms with Gasteiger partial charge in [0, 0.05) is 13.0 Å². The van der Waals surface area contributed by atoms with E-state index in [1.807, 2.05) is 0 Å². The number of carbonyl (C=O) groups is 1.